The first kappa shape index (κ1) is 16.2. The summed E-state index contributed by atoms with van der Waals surface area (Å²) in [6.45, 7) is 1.71. The van der Waals surface area contributed by atoms with Crippen LogP contribution in [0.25, 0.3) is 11.4 Å². The number of esters is 1. The number of halogens is 1. The first-order valence-corrected chi connectivity index (χ1v) is 7.94. The van der Waals surface area contributed by atoms with Gasteiger partial charge in [0.25, 0.3) is 5.89 Å². The van der Waals surface area contributed by atoms with Crippen molar-refractivity contribution in [3.63, 3.8) is 0 Å². The van der Waals surface area contributed by atoms with Gasteiger partial charge in [0.2, 0.25) is 5.82 Å². The highest BCUT2D eigenvalue weighted by atomic mass is 79.9. The van der Waals surface area contributed by atoms with Crippen molar-refractivity contribution in [2.45, 2.75) is 13.5 Å². The molecule has 6 nitrogen and oxygen atoms in total. The van der Waals surface area contributed by atoms with Crippen LogP contribution in [0.4, 0.5) is 5.69 Å². The summed E-state index contributed by atoms with van der Waals surface area (Å²) in [6.07, 6.45) is 0. The normalized spacial score (nSPS) is 10.6. The molecular formula is C17H14BrN3O3. The molecule has 0 aliphatic rings. The summed E-state index contributed by atoms with van der Waals surface area (Å²) in [4.78, 5) is 16.3. The van der Waals surface area contributed by atoms with E-state index in [1.807, 2.05) is 37.3 Å². The Balaban J connectivity index is 1.69. The molecule has 0 bridgehead atoms. The Labute approximate surface area is 146 Å². The third kappa shape index (κ3) is 3.46. The number of rotatable bonds is 4. The summed E-state index contributed by atoms with van der Waals surface area (Å²) in [5.74, 6) is 0.111. The molecule has 0 aliphatic carbocycles. The molecule has 0 unspecified atom stereocenters. The molecule has 1 aromatic heterocycles. The molecule has 2 N–H and O–H groups in total. The van der Waals surface area contributed by atoms with Crippen LogP contribution in [-0.2, 0) is 11.3 Å². The smallest absolute Gasteiger partial charge is 0.340 e. The monoisotopic (exact) mass is 387 g/mol. The second-order valence-electron chi connectivity index (χ2n) is 5.13. The number of nitrogen functional groups attached to an aromatic ring is 1. The lowest BCUT2D eigenvalue weighted by Crippen LogP contribution is -2.09. The van der Waals surface area contributed by atoms with Gasteiger partial charge in [-0.2, -0.15) is 4.98 Å². The zero-order valence-corrected chi connectivity index (χ0v) is 14.4. The second-order valence-corrected chi connectivity index (χ2v) is 6.05. The maximum atomic E-state index is 12.1. The fourth-order valence-corrected chi connectivity index (χ4v) is 2.52. The van der Waals surface area contributed by atoms with Gasteiger partial charge in [0.1, 0.15) is 0 Å². The molecule has 0 radical (unpaired) electrons. The lowest BCUT2D eigenvalue weighted by atomic mass is 10.1. The van der Waals surface area contributed by atoms with Crippen molar-refractivity contribution in [3.05, 3.63) is 64.0 Å². The van der Waals surface area contributed by atoms with Gasteiger partial charge in [0, 0.05) is 15.7 Å². The van der Waals surface area contributed by atoms with Gasteiger partial charge in [-0.25, -0.2) is 4.79 Å². The Morgan fingerprint density at radius 3 is 2.88 bits per heavy atom. The fourth-order valence-electron chi connectivity index (χ4n) is 2.12. The quantitative estimate of drug-likeness (QED) is 0.541. The number of nitrogens with zero attached hydrogens (tertiary/aromatic N) is 2. The SMILES string of the molecule is Cc1cccc(C(=O)OCc2nc(-c3cccc(Br)c3)no2)c1N. The van der Waals surface area contributed by atoms with Gasteiger partial charge >= 0.3 is 5.97 Å². The number of para-hydroxylation sites is 1. The van der Waals surface area contributed by atoms with E-state index < -0.39 is 5.97 Å². The number of aryl methyl sites for hydroxylation is 1. The Bertz CT molecular complexity index is 892. The Hall–Kier alpha value is -2.67. The van der Waals surface area contributed by atoms with Gasteiger partial charge in [-0.3, -0.25) is 0 Å². The Morgan fingerprint density at radius 1 is 1.29 bits per heavy atom. The minimum atomic E-state index is -0.529. The van der Waals surface area contributed by atoms with Gasteiger partial charge in [0.15, 0.2) is 6.61 Å². The standard InChI is InChI=1S/C17H14BrN3O3/c1-10-4-2-7-13(15(10)19)17(22)23-9-14-20-16(21-24-14)11-5-3-6-12(18)8-11/h2-8H,9,19H2,1H3. The van der Waals surface area contributed by atoms with E-state index in [1.165, 1.54) is 0 Å². The van der Waals surface area contributed by atoms with Crippen molar-refractivity contribution >= 4 is 27.6 Å². The van der Waals surface area contributed by atoms with Crippen LogP contribution in [0.5, 0.6) is 0 Å². The highest BCUT2D eigenvalue weighted by Gasteiger charge is 2.15. The first-order chi connectivity index (χ1) is 11.5. The van der Waals surface area contributed by atoms with E-state index in [1.54, 1.807) is 12.1 Å². The number of carbonyl (C=O) groups is 1. The Morgan fingerprint density at radius 2 is 2.08 bits per heavy atom. The molecule has 24 heavy (non-hydrogen) atoms. The molecule has 1 heterocycles. The first-order valence-electron chi connectivity index (χ1n) is 7.15. The van der Waals surface area contributed by atoms with Crippen LogP contribution < -0.4 is 5.73 Å². The zero-order chi connectivity index (χ0) is 17.1. The predicted octanol–water partition coefficient (Wildman–Crippen LogP) is 3.75. The van der Waals surface area contributed by atoms with Gasteiger partial charge in [-0.05, 0) is 30.7 Å². The van der Waals surface area contributed by atoms with Crippen LogP contribution in [0.2, 0.25) is 0 Å². The third-order valence-electron chi connectivity index (χ3n) is 3.42. The lowest BCUT2D eigenvalue weighted by Gasteiger charge is -2.07. The van der Waals surface area contributed by atoms with Crippen LogP contribution in [0, 0.1) is 6.92 Å². The summed E-state index contributed by atoms with van der Waals surface area (Å²) < 4.78 is 11.2. The molecule has 3 aromatic rings. The number of nitrogens with two attached hydrogens (primary N) is 1. The molecule has 7 heteroatoms. The van der Waals surface area contributed by atoms with Crippen molar-refractivity contribution in [1.82, 2.24) is 10.1 Å². The molecule has 3 rings (SSSR count). The topological polar surface area (TPSA) is 91.2 Å². The number of hydrogen-bond acceptors (Lipinski definition) is 6. The van der Waals surface area contributed by atoms with E-state index in [0.717, 1.165) is 15.6 Å². The number of anilines is 1. The average Bonchev–Trinajstić information content (AvgIpc) is 3.04. The van der Waals surface area contributed by atoms with E-state index in [9.17, 15) is 4.79 Å². The molecule has 0 aliphatic heterocycles. The molecule has 0 saturated heterocycles. The van der Waals surface area contributed by atoms with E-state index >= 15 is 0 Å². The number of aromatic nitrogens is 2. The number of hydrogen-bond donors (Lipinski definition) is 1. The minimum absolute atomic E-state index is 0.118. The third-order valence-corrected chi connectivity index (χ3v) is 3.91. The second kappa shape index (κ2) is 6.84. The van der Waals surface area contributed by atoms with Crippen LogP contribution in [-0.4, -0.2) is 16.1 Å². The lowest BCUT2D eigenvalue weighted by molar-refractivity contribution is 0.0431. The summed E-state index contributed by atoms with van der Waals surface area (Å²) in [5, 5.41) is 3.89. The zero-order valence-electron chi connectivity index (χ0n) is 12.8. The summed E-state index contributed by atoms with van der Waals surface area (Å²) in [6, 6.07) is 12.7. The van der Waals surface area contributed by atoms with Crippen LogP contribution in [0.1, 0.15) is 21.8 Å². The highest BCUT2D eigenvalue weighted by molar-refractivity contribution is 9.10. The fraction of sp³-hybridized carbons (Fsp3) is 0.118. The van der Waals surface area contributed by atoms with Crippen molar-refractivity contribution in [1.29, 1.82) is 0 Å². The van der Waals surface area contributed by atoms with Gasteiger partial charge in [-0.15, -0.1) is 0 Å². The molecule has 0 fully saturated rings. The summed E-state index contributed by atoms with van der Waals surface area (Å²) >= 11 is 3.39. The molecule has 0 spiro atoms. The molecule has 0 atom stereocenters. The molecule has 0 amide bonds. The summed E-state index contributed by atoms with van der Waals surface area (Å²) in [5.41, 5.74) is 8.23. The molecule has 122 valence electrons. The van der Waals surface area contributed by atoms with Gasteiger partial charge < -0.3 is 15.0 Å². The van der Waals surface area contributed by atoms with Crippen molar-refractivity contribution in [2.24, 2.45) is 0 Å². The van der Waals surface area contributed by atoms with Gasteiger partial charge in [-0.1, -0.05) is 45.4 Å². The maximum absolute atomic E-state index is 12.1. The predicted molar refractivity (Wildman–Crippen MR) is 92.1 cm³/mol. The largest absolute Gasteiger partial charge is 0.452 e. The Kier molecular flexibility index (Phi) is 4.61. The van der Waals surface area contributed by atoms with E-state index in [4.69, 9.17) is 15.0 Å². The highest BCUT2D eigenvalue weighted by Crippen LogP contribution is 2.21. The van der Waals surface area contributed by atoms with Crippen molar-refractivity contribution in [2.75, 3.05) is 5.73 Å². The summed E-state index contributed by atoms with van der Waals surface area (Å²) in [7, 11) is 0. The molecular weight excluding hydrogens is 374 g/mol. The minimum Gasteiger partial charge on any atom is -0.452 e. The van der Waals surface area contributed by atoms with Crippen LogP contribution >= 0.6 is 15.9 Å². The van der Waals surface area contributed by atoms with Crippen molar-refractivity contribution in [3.8, 4) is 11.4 Å². The van der Waals surface area contributed by atoms with E-state index in [2.05, 4.69) is 26.1 Å². The number of carbonyl (C=O) groups excluding carboxylic acids is 1. The van der Waals surface area contributed by atoms with Gasteiger partial charge in [0.05, 0.1) is 5.56 Å². The molecule has 0 saturated carbocycles. The van der Waals surface area contributed by atoms with Crippen LogP contribution in [0.15, 0.2) is 51.5 Å². The number of ether oxygens (including phenoxy) is 1. The average molecular weight is 388 g/mol. The van der Waals surface area contributed by atoms with Crippen LogP contribution in [0.3, 0.4) is 0 Å². The van der Waals surface area contributed by atoms with E-state index in [-0.39, 0.29) is 12.5 Å². The van der Waals surface area contributed by atoms with E-state index in [0.29, 0.717) is 17.1 Å². The number of benzene rings is 2. The maximum Gasteiger partial charge on any atom is 0.340 e. The molecule has 2 aromatic carbocycles. The van der Waals surface area contributed by atoms with Crippen molar-refractivity contribution < 1.29 is 14.1 Å².